The van der Waals surface area contributed by atoms with Gasteiger partial charge in [0, 0.05) is 24.7 Å². The number of rotatable bonds is 2. The molecule has 1 saturated carbocycles. The van der Waals surface area contributed by atoms with E-state index in [2.05, 4.69) is 6.07 Å². The summed E-state index contributed by atoms with van der Waals surface area (Å²) in [6, 6.07) is 9.35. The maximum atomic E-state index is 12.4. The molecule has 1 aromatic carbocycles. The van der Waals surface area contributed by atoms with Gasteiger partial charge in [-0.1, -0.05) is 12.5 Å². The third-order valence-electron chi connectivity index (χ3n) is 3.76. The molecule has 2 rings (SSSR count). The summed E-state index contributed by atoms with van der Waals surface area (Å²) < 4.78 is 0. The molecule has 4 nitrogen and oxygen atoms in total. The van der Waals surface area contributed by atoms with E-state index in [1.54, 1.807) is 30.1 Å². The molecule has 0 saturated heterocycles. The van der Waals surface area contributed by atoms with Gasteiger partial charge < -0.3 is 10.6 Å². The first-order valence-electron chi connectivity index (χ1n) is 6.65. The fraction of sp³-hybridized carbons (Fsp3) is 0.467. The quantitative estimate of drug-likeness (QED) is 0.881. The van der Waals surface area contributed by atoms with E-state index in [1.165, 1.54) is 0 Å². The minimum absolute atomic E-state index is 0.0134. The molecule has 0 aliphatic heterocycles. The summed E-state index contributed by atoms with van der Waals surface area (Å²) in [7, 11) is 1.76. The summed E-state index contributed by atoms with van der Waals surface area (Å²) in [5, 5.41) is 8.90. The fourth-order valence-corrected chi connectivity index (χ4v) is 2.64. The summed E-state index contributed by atoms with van der Waals surface area (Å²) in [5.74, 6) is 0.115. The van der Waals surface area contributed by atoms with Crippen LogP contribution in [0.5, 0.6) is 0 Å². The van der Waals surface area contributed by atoms with E-state index >= 15 is 0 Å². The zero-order valence-electron chi connectivity index (χ0n) is 11.2. The van der Waals surface area contributed by atoms with Gasteiger partial charge in [0.25, 0.3) is 0 Å². The topological polar surface area (TPSA) is 70.1 Å². The third kappa shape index (κ3) is 3.12. The molecule has 0 radical (unpaired) electrons. The van der Waals surface area contributed by atoms with Crippen molar-refractivity contribution in [1.82, 2.24) is 0 Å². The van der Waals surface area contributed by atoms with Crippen molar-refractivity contribution in [1.29, 1.82) is 5.26 Å². The summed E-state index contributed by atoms with van der Waals surface area (Å²) in [4.78, 5) is 14.1. The van der Waals surface area contributed by atoms with Crippen LogP contribution in [-0.2, 0) is 4.79 Å². The second kappa shape index (κ2) is 5.85. The SMILES string of the molecule is CN(C(=O)C1CCCC(N)C1)c1cccc(C#N)c1. The number of nitriles is 1. The highest BCUT2D eigenvalue weighted by atomic mass is 16.2. The Balaban J connectivity index is 2.12. The van der Waals surface area contributed by atoms with Gasteiger partial charge in [0.05, 0.1) is 11.6 Å². The molecule has 1 fully saturated rings. The second-order valence-electron chi connectivity index (χ2n) is 5.18. The molecule has 0 heterocycles. The van der Waals surface area contributed by atoms with Crippen molar-refractivity contribution in [2.24, 2.45) is 11.7 Å². The van der Waals surface area contributed by atoms with Crippen LogP contribution in [0.1, 0.15) is 31.2 Å². The van der Waals surface area contributed by atoms with E-state index in [4.69, 9.17) is 11.0 Å². The zero-order valence-corrected chi connectivity index (χ0v) is 11.2. The molecule has 1 aromatic rings. The van der Waals surface area contributed by atoms with Gasteiger partial charge in [-0.05, 0) is 37.5 Å². The number of benzene rings is 1. The van der Waals surface area contributed by atoms with Gasteiger partial charge in [0.1, 0.15) is 0 Å². The van der Waals surface area contributed by atoms with Crippen LogP contribution >= 0.6 is 0 Å². The minimum Gasteiger partial charge on any atom is -0.328 e. The highest BCUT2D eigenvalue weighted by Gasteiger charge is 2.28. The molecule has 1 aliphatic rings. The van der Waals surface area contributed by atoms with Crippen LogP contribution in [0, 0.1) is 17.2 Å². The standard InChI is InChI=1S/C15H19N3O/c1-18(14-7-2-4-11(8-14)10-16)15(19)12-5-3-6-13(17)9-12/h2,4,7-8,12-13H,3,5-6,9,17H2,1H3. The largest absolute Gasteiger partial charge is 0.328 e. The maximum Gasteiger partial charge on any atom is 0.229 e. The van der Waals surface area contributed by atoms with Crippen LogP contribution in [0.2, 0.25) is 0 Å². The van der Waals surface area contributed by atoms with Crippen LogP contribution in [0.3, 0.4) is 0 Å². The highest BCUT2D eigenvalue weighted by molar-refractivity contribution is 5.94. The van der Waals surface area contributed by atoms with E-state index in [0.29, 0.717) is 5.56 Å². The van der Waals surface area contributed by atoms with Crippen LogP contribution in [0.4, 0.5) is 5.69 Å². The highest BCUT2D eigenvalue weighted by Crippen LogP contribution is 2.26. The lowest BCUT2D eigenvalue weighted by Crippen LogP contribution is -2.38. The van der Waals surface area contributed by atoms with E-state index in [-0.39, 0.29) is 17.9 Å². The number of anilines is 1. The van der Waals surface area contributed by atoms with Crippen molar-refractivity contribution in [2.45, 2.75) is 31.7 Å². The second-order valence-corrected chi connectivity index (χ2v) is 5.18. The average molecular weight is 257 g/mol. The van der Waals surface area contributed by atoms with Crippen molar-refractivity contribution >= 4 is 11.6 Å². The van der Waals surface area contributed by atoms with Gasteiger partial charge in [-0.25, -0.2) is 0 Å². The predicted molar refractivity (Wildman–Crippen MR) is 74.5 cm³/mol. The van der Waals surface area contributed by atoms with Gasteiger partial charge in [-0.2, -0.15) is 5.26 Å². The molecule has 2 unspecified atom stereocenters. The van der Waals surface area contributed by atoms with Crippen molar-refractivity contribution in [3.63, 3.8) is 0 Å². The Morgan fingerprint density at radius 1 is 1.47 bits per heavy atom. The van der Waals surface area contributed by atoms with Gasteiger partial charge in [0.15, 0.2) is 0 Å². The minimum atomic E-state index is 0.0134. The summed E-state index contributed by atoms with van der Waals surface area (Å²) >= 11 is 0. The molecule has 2 atom stereocenters. The van der Waals surface area contributed by atoms with Crippen molar-refractivity contribution in [2.75, 3.05) is 11.9 Å². The van der Waals surface area contributed by atoms with E-state index in [9.17, 15) is 4.79 Å². The van der Waals surface area contributed by atoms with E-state index in [0.717, 1.165) is 31.4 Å². The molecular weight excluding hydrogens is 238 g/mol. The molecule has 2 N–H and O–H groups in total. The Hall–Kier alpha value is -1.86. The first-order chi connectivity index (χ1) is 9.11. The smallest absolute Gasteiger partial charge is 0.229 e. The van der Waals surface area contributed by atoms with Crippen LogP contribution in [0.25, 0.3) is 0 Å². The van der Waals surface area contributed by atoms with Crippen molar-refractivity contribution < 1.29 is 4.79 Å². The number of hydrogen-bond donors (Lipinski definition) is 1. The first kappa shape index (κ1) is 13.6. The molecule has 1 amide bonds. The lowest BCUT2D eigenvalue weighted by molar-refractivity contribution is -0.123. The van der Waals surface area contributed by atoms with Crippen LogP contribution in [-0.4, -0.2) is 19.0 Å². The predicted octanol–water partition coefficient (Wildman–Crippen LogP) is 2.04. The van der Waals surface area contributed by atoms with Crippen molar-refractivity contribution in [3.8, 4) is 6.07 Å². The van der Waals surface area contributed by atoms with Gasteiger partial charge in [-0.15, -0.1) is 0 Å². The number of nitrogens with zero attached hydrogens (tertiary/aromatic N) is 2. The fourth-order valence-electron chi connectivity index (χ4n) is 2.64. The lowest BCUT2D eigenvalue weighted by atomic mass is 9.85. The molecule has 0 spiro atoms. The Bertz CT molecular complexity index is 506. The molecule has 1 aliphatic carbocycles. The Morgan fingerprint density at radius 3 is 2.95 bits per heavy atom. The molecule has 0 aromatic heterocycles. The summed E-state index contributed by atoms with van der Waals surface area (Å²) in [5.41, 5.74) is 7.27. The normalized spacial score (nSPS) is 22.6. The molecule has 100 valence electrons. The van der Waals surface area contributed by atoms with Crippen molar-refractivity contribution in [3.05, 3.63) is 29.8 Å². The van der Waals surface area contributed by atoms with Gasteiger partial charge in [0.2, 0.25) is 5.91 Å². The number of nitrogens with two attached hydrogens (primary N) is 1. The van der Waals surface area contributed by atoms with Gasteiger partial charge in [-0.3, -0.25) is 4.79 Å². The lowest BCUT2D eigenvalue weighted by Gasteiger charge is -2.29. The first-order valence-corrected chi connectivity index (χ1v) is 6.65. The molecule has 0 bridgehead atoms. The number of carbonyl (C=O) groups is 1. The average Bonchev–Trinajstić information content (AvgIpc) is 2.45. The summed E-state index contributed by atoms with van der Waals surface area (Å²) in [6.45, 7) is 0. The van der Waals surface area contributed by atoms with E-state index in [1.807, 2.05) is 6.07 Å². The Morgan fingerprint density at radius 2 is 2.26 bits per heavy atom. The zero-order chi connectivity index (χ0) is 13.8. The number of hydrogen-bond acceptors (Lipinski definition) is 3. The molecule has 19 heavy (non-hydrogen) atoms. The van der Waals surface area contributed by atoms with E-state index < -0.39 is 0 Å². The molecular formula is C15H19N3O. The Kier molecular flexibility index (Phi) is 4.18. The monoisotopic (exact) mass is 257 g/mol. The molecule has 4 heteroatoms. The third-order valence-corrected chi connectivity index (χ3v) is 3.76. The Labute approximate surface area is 113 Å². The van der Waals surface area contributed by atoms with Crippen LogP contribution in [0.15, 0.2) is 24.3 Å². The number of carbonyl (C=O) groups excluding carboxylic acids is 1. The summed E-state index contributed by atoms with van der Waals surface area (Å²) in [6.07, 6.45) is 3.71. The number of amides is 1. The van der Waals surface area contributed by atoms with Crippen LogP contribution < -0.4 is 10.6 Å². The maximum absolute atomic E-state index is 12.4. The van der Waals surface area contributed by atoms with Gasteiger partial charge >= 0.3 is 0 Å².